The summed E-state index contributed by atoms with van der Waals surface area (Å²) >= 11 is 0. The molecular formula is C22H18FN5O. The molecule has 144 valence electrons. The van der Waals surface area contributed by atoms with Crippen LogP contribution < -0.4 is 15.4 Å². The number of anilines is 4. The van der Waals surface area contributed by atoms with Gasteiger partial charge in [0.1, 0.15) is 18.2 Å². The molecule has 3 aromatic carbocycles. The van der Waals surface area contributed by atoms with Crippen molar-refractivity contribution in [1.29, 1.82) is 0 Å². The van der Waals surface area contributed by atoms with Crippen molar-refractivity contribution < 1.29 is 9.13 Å². The number of ether oxygens (including phenoxy) is 1. The van der Waals surface area contributed by atoms with Crippen molar-refractivity contribution in [3.8, 4) is 5.75 Å². The zero-order valence-corrected chi connectivity index (χ0v) is 15.4. The lowest BCUT2D eigenvalue weighted by Crippen LogP contribution is -2.02. The highest BCUT2D eigenvalue weighted by Gasteiger charge is 2.04. The van der Waals surface area contributed by atoms with Crippen molar-refractivity contribution in [2.75, 3.05) is 10.6 Å². The average molecular weight is 387 g/mol. The second-order valence-electron chi connectivity index (χ2n) is 6.22. The summed E-state index contributed by atoms with van der Waals surface area (Å²) in [6.07, 6.45) is 1.51. The van der Waals surface area contributed by atoms with Gasteiger partial charge in [-0.2, -0.15) is 10.1 Å². The Bertz CT molecular complexity index is 1070. The smallest absolute Gasteiger partial charge is 0.249 e. The van der Waals surface area contributed by atoms with Crippen LogP contribution in [-0.2, 0) is 6.61 Å². The number of halogens is 1. The Labute approximate surface area is 167 Å². The van der Waals surface area contributed by atoms with Gasteiger partial charge in [0, 0.05) is 11.4 Å². The summed E-state index contributed by atoms with van der Waals surface area (Å²) in [5, 5.41) is 13.9. The molecule has 0 amide bonds. The quantitative estimate of drug-likeness (QED) is 0.461. The topological polar surface area (TPSA) is 72.0 Å². The van der Waals surface area contributed by atoms with Gasteiger partial charge in [0.2, 0.25) is 5.95 Å². The highest BCUT2D eigenvalue weighted by molar-refractivity contribution is 5.59. The highest BCUT2D eigenvalue weighted by atomic mass is 19.1. The Morgan fingerprint density at radius 3 is 2.45 bits per heavy atom. The Hall–Kier alpha value is -4.00. The Kier molecular flexibility index (Phi) is 5.57. The standard InChI is InChI=1S/C22H18FN5O/c23-17-7-4-8-19(13-17)26-22-27-21(14-24-28-22)25-18-9-11-20(12-10-18)29-15-16-5-2-1-3-6-16/h1-14H,15H2,(H2,25,26,27,28). The summed E-state index contributed by atoms with van der Waals surface area (Å²) in [5.41, 5.74) is 2.48. The fourth-order valence-corrected chi connectivity index (χ4v) is 2.64. The molecule has 0 bridgehead atoms. The van der Waals surface area contributed by atoms with E-state index in [9.17, 15) is 4.39 Å². The third-order valence-electron chi connectivity index (χ3n) is 4.01. The van der Waals surface area contributed by atoms with E-state index in [2.05, 4.69) is 25.8 Å². The van der Waals surface area contributed by atoms with Crippen LogP contribution in [0.1, 0.15) is 5.56 Å². The van der Waals surface area contributed by atoms with Crippen LogP contribution in [0.2, 0.25) is 0 Å². The summed E-state index contributed by atoms with van der Waals surface area (Å²) in [4.78, 5) is 4.34. The molecule has 0 saturated carbocycles. The maximum absolute atomic E-state index is 13.3. The van der Waals surface area contributed by atoms with E-state index in [4.69, 9.17) is 4.74 Å². The van der Waals surface area contributed by atoms with Crippen molar-refractivity contribution in [2.24, 2.45) is 0 Å². The minimum atomic E-state index is -0.341. The fraction of sp³-hybridized carbons (Fsp3) is 0.0455. The van der Waals surface area contributed by atoms with Crippen LogP contribution in [0.3, 0.4) is 0 Å². The first-order chi connectivity index (χ1) is 14.2. The van der Waals surface area contributed by atoms with Gasteiger partial charge in [0.15, 0.2) is 5.82 Å². The second kappa shape index (κ2) is 8.79. The van der Waals surface area contributed by atoms with E-state index >= 15 is 0 Å². The van der Waals surface area contributed by atoms with Crippen molar-refractivity contribution >= 4 is 23.1 Å². The number of hydrogen-bond acceptors (Lipinski definition) is 6. The van der Waals surface area contributed by atoms with Crippen LogP contribution in [0, 0.1) is 5.82 Å². The van der Waals surface area contributed by atoms with Gasteiger partial charge in [0.05, 0.1) is 6.20 Å². The summed E-state index contributed by atoms with van der Waals surface area (Å²) in [5.74, 6) is 1.21. The molecule has 1 aromatic heterocycles. The van der Waals surface area contributed by atoms with E-state index in [0.29, 0.717) is 18.1 Å². The normalized spacial score (nSPS) is 10.4. The fourth-order valence-electron chi connectivity index (χ4n) is 2.64. The summed E-state index contributed by atoms with van der Waals surface area (Å²) < 4.78 is 19.1. The van der Waals surface area contributed by atoms with Gasteiger partial charge in [-0.3, -0.25) is 0 Å². The van der Waals surface area contributed by atoms with Crippen LogP contribution in [0.25, 0.3) is 0 Å². The van der Waals surface area contributed by atoms with E-state index in [-0.39, 0.29) is 11.8 Å². The molecule has 29 heavy (non-hydrogen) atoms. The number of nitrogens with zero attached hydrogens (tertiary/aromatic N) is 3. The van der Waals surface area contributed by atoms with Gasteiger partial charge in [0.25, 0.3) is 0 Å². The van der Waals surface area contributed by atoms with E-state index in [0.717, 1.165) is 17.0 Å². The van der Waals surface area contributed by atoms with Crippen LogP contribution in [-0.4, -0.2) is 15.2 Å². The van der Waals surface area contributed by atoms with Gasteiger partial charge < -0.3 is 15.4 Å². The minimum Gasteiger partial charge on any atom is -0.489 e. The molecule has 0 fully saturated rings. The number of nitrogens with one attached hydrogen (secondary N) is 2. The molecule has 0 atom stereocenters. The summed E-state index contributed by atoms with van der Waals surface area (Å²) in [7, 11) is 0. The first-order valence-electron chi connectivity index (χ1n) is 9.01. The molecule has 0 aliphatic rings. The summed E-state index contributed by atoms with van der Waals surface area (Å²) in [6, 6.07) is 23.6. The molecule has 0 aliphatic heterocycles. The molecule has 0 aliphatic carbocycles. The van der Waals surface area contributed by atoms with Crippen molar-refractivity contribution in [3.05, 3.63) is 96.4 Å². The average Bonchev–Trinajstić information content (AvgIpc) is 2.74. The lowest BCUT2D eigenvalue weighted by molar-refractivity contribution is 0.306. The molecular weight excluding hydrogens is 369 g/mol. The second-order valence-corrected chi connectivity index (χ2v) is 6.22. The molecule has 0 unspecified atom stereocenters. The van der Waals surface area contributed by atoms with Gasteiger partial charge in [-0.1, -0.05) is 36.4 Å². The van der Waals surface area contributed by atoms with Crippen molar-refractivity contribution in [2.45, 2.75) is 6.61 Å². The van der Waals surface area contributed by atoms with Crippen molar-refractivity contribution in [3.63, 3.8) is 0 Å². The first-order valence-corrected chi connectivity index (χ1v) is 9.01. The van der Waals surface area contributed by atoms with Gasteiger partial charge >= 0.3 is 0 Å². The first kappa shape index (κ1) is 18.4. The van der Waals surface area contributed by atoms with Crippen LogP contribution in [0.4, 0.5) is 27.5 Å². The molecule has 0 radical (unpaired) electrons. The van der Waals surface area contributed by atoms with E-state index in [1.54, 1.807) is 12.1 Å². The van der Waals surface area contributed by atoms with Gasteiger partial charge in [-0.05, 0) is 48.0 Å². The lowest BCUT2D eigenvalue weighted by Gasteiger charge is -2.09. The molecule has 7 heteroatoms. The Balaban J connectivity index is 1.37. The molecule has 6 nitrogen and oxygen atoms in total. The number of hydrogen-bond donors (Lipinski definition) is 2. The third kappa shape index (κ3) is 5.26. The monoisotopic (exact) mass is 387 g/mol. The number of benzene rings is 3. The highest BCUT2D eigenvalue weighted by Crippen LogP contribution is 2.21. The molecule has 0 saturated heterocycles. The predicted octanol–water partition coefficient (Wildman–Crippen LogP) is 5.08. The maximum atomic E-state index is 13.3. The van der Waals surface area contributed by atoms with E-state index in [1.807, 2.05) is 54.6 Å². The van der Waals surface area contributed by atoms with Crippen LogP contribution in [0.15, 0.2) is 85.1 Å². The molecule has 2 N–H and O–H groups in total. The minimum absolute atomic E-state index is 0.267. The molecule has 1 heterocycles. The van der Waals surface area contributed by atoms with Crippen molar-refractivity contribution in [1.82, 2.24) is 15.2 Å². The largest absolute Gasteiger partial charge is 0.489 e. The predicted molar refractivity (Wildman–Crippen MR) is 110 cm³/mol. The zero-order valence-electron chi connectivity index (χ0n) is 15.4. The SMILES string of the molecule is Fc1cccc(Nc2nncc(Nc3ccc(OCc4ccccc4)cc3)n2)c1. The molecule has 0 spiro atoms. The number of rotatable bonds is 7. The molecule has 4 rings (SSSR count). The van der Waals surface area contributed by atoms with Crippen LogP contribution in [0.5, 0.6) is 5.75 Å². The number of aromatic nitrogens is 3. The van der Waals surface area contributed by atoms with Gasteiger partial charge in [-0.25, -0.2) is 4.39 Å². The lowest BCUT2D eigenvalue weighted by atomic mass is 10.2. The van der Waals surface area contributed by atoms with E-state index in [1.165, 1.54) is 18.3 Å². The Morgan fingerprint density at radius 2 is 1.66 bits per heavy atom. The maximum Gasteiger partial charge on any atom is 0.249 e. The van der Waals surface area contributed by atoms with Crippen LogP contribution >= 0.6 is 0 Å². The molecule has 4 aromatic rings. The Morgan fingerprint density at radius 1 is 0.828 bits per heavy atom. The summed E-state index contributed by atoms with van der Waals surface area (Å²) in [6.45, 7) is 0.512. The van der Waals surface area contributed by atoms with Gasteiger partial charge in [-0.15, -0.1) is 5.10 Å². The van der Waals surface area contributed by atoms with E-state index < -0.39 is 0 Å². The zero-order chi connectivity index (χ0) is 19.9. The third-order valence-corrected chi connectivity index (χ3v) is 4.01.